The minimum absolute atomic E-state index is 0.0632. The van der Waals surface area contributed by atoms with Gasteiger partial charge in [0.2, 0.25) is 5.16 Å². The fourth-order valence-corrected chi connectivity index (χ4v) is 2.05. The molecule has 1 N–H and O–H groups in total. The van der Waals surface area contributed by atoms with Crippen molar-refractivity contribution in [1.29, 1.82) is 0 Å². The fourth-order valence-electron chi connectivity index (χ4n) is 1.29. The molecular formula is C9H9FN6O2S. The van der Waals surface area contributed by atoms with Crippen molar-refractivity contribution in [3.05, 3.63) is 17.8 Å². The first kappa shape index (κ1) is 13.3. The predicted octanol–water partition coefficient (Wildman–Crippen LogP) is 0.400. The van der Waals surface area contributed by atoms with E-state index in [-0.39, 0.29) is 15.9 Å². The van der Waals surface area contributed by atoms with E-state index in [1.54, 1.807) is 6.92 Å². The number of aryl methyl sites for hydroxylation is 1. The molecule has 0 radical (unpaired) electrons. The highest BCUT2D eigenvalue weighted by atomic mass is 32.2. The van der Waals surface area contributed by atoms with Gasteiger partial charge in [0.05, 0.1) is 5.69 Å². The summed E-state index contributed by atoms with van der Waals surface area (Å²) in [5, 5.41) is 19.4. The van der Waals surface area contributed by atoms with Gasteiger partial charge in [0, 0.05) is 0 Å². The standard InChI is InChI=1S/C9H9FN6O2S/c1-2-5-7(10)8(12-4-11-5)19-9-13-14-15-16(9)3-6(17)18/h4H,2-3H2,1H3,(H,17,18). The average molecular weight is 284 g/mol. The first-order valence-corrected chi connectivity index (χ1v) is 6.08. The molecule has 2 aromatic heterocycles. The molecule has 0 aliphatic rings. The minimum atomic E-state index is -1.09. The molecule has 100 valence electrons. The molecule has 8 nitrogen and oxygen atoms in total. The number of tetrazole rings is 1. The van der Waals surface area contributed by atoms with E-state index in [9.17, 15) is 9.18 Å². The number of carboxylic acid groups (broad SMARTS) is 1. The lowest BCUT2D eigenvalue weighted by Crippen LogP contribution is -2.11. The Morgan fingerprint density at radius 3 is 3.00 bits per heavy atom. The summed E-state index contributed by atoms with van der Waals surface area (Å²) >= 11 is 0.856. The smallest absolute Gasteiger partial charge is 0.325 e. The van der Waals surface area contributed by atoms with Crippen LogP contribution < -0.4 is 0 Å². The first-order chi connectivity index (χ1) is 9.11. The summed E-state index contributed by atoms with van der Waals surface area (Å²) in [5.74, 6) is -1.63. The number of carboxylic acids is 1. The van der Waals surface area contributed by atoms with Crippen LogP contribution in [0, 0.1) is 5.82 Å². The molecule has 0 amide bonds. The van der Waals surface area contributed by atoms with Gasteiger partial charge in [-0.05, 0) is 28.6 Å². The van der Waals surface area contributed by atoms with Crippen LogP contribution in [0.1, 0.15) is 12.6 Å². The topological polar surface area (TPSA) is 107 Å². The van der Waals surface area contributed by atoms with Crippen molar-refractivity contribution in [3.63, 3.8) is 0 Å². The molecule has 19 heavy (non-hydrogen) atoms. The normalized spacial score (nSPS) is 10.6. The van der Waals surface area contributed by atoms with Gasteiger partial charge in [-0.2, -0.15) is 0 Å². The lowest BCUT2D eigenvalue weighted by Gasteiger charge is -2.04. The second-order valence-electron chi connectivity index (χ2n) is 3.41. The number of halogens is 1. The monoisotopic (exact) mass is 284 g/mol. The number of aromatic nitrogens is 6. The Morgan fingerprint density at radius 1 is 1.53 bits per heavy atom. The van der Waals surface area contributed by atoms with E-state index >= 15 is 0 Å². The van der Waals surface area contributed by atoms with E-state index in [1.165, 1.54) is 6.33 Å². The molecule has 0 fully saturated rings. The summed E-state index contributed by atoms with van der Waals surface area (Å²) < 4.78 is 15.0. The second-order valence-corrected chi connectivity index (χ2v) is 4.36. The predicted molar refractivity (Wildman–Crippen MR) is 60.9 cm³/mol. The fraction of sp³-hybridized carbons (Fsp3) is 0.333. The van der Waals surface area contributed by atoms with Gasteiger partial charge in [-0.25, -0.2) is 19.0 Å². The molecule has 2 rings (SSSR count). The molecule has 2 heterocycles. The van der Waals surface area contributed by atoms with Crippen LogP contribution in [-0.4, -0.2) is 41.3 Å². The Morgan fingerprint density at radius 2 is 2.32 bits per heavy atom. The third-order valence-electron chi connectivity index (χ3n) is 2.14. The van der Waals surface area contributed by atoms with Gasteiger partial charge in [0.25, 0.3) is 0 Å². The first-order valence-electron chi connectivity index (χ1n) is 5.27. The highest BCUT2D eigenvalue weighted by Crippen LogP contribution is 2.26. The van der Waals surface area contributed by atoms with Crippen molar-refractivity contribution in [1.82, 2.24) is 30.2 Å². The van der Waals surface area contributed by atoms with Gasteiger partial charge >= 0.3 is 5.97 Å². The van der Waals surface area contributed by atoms with Crippen molar-refractivity contribution in [2.24, 2.45) is 0 Å². The minimum Gasteiger partial charge on any atom is -0.480 e. The summed E-state index contributed by atoms with van der Waals surface area (Å²) in [6.45, 7) is 1.37. The van der Waals surface area contributed by atoms with Gasteiger partial charge in [0.15, 0.2) is 5.82 Å². The molecule has 0 saturated carbocycles. The second kappa shape index (κ2) is 5.69. The molecule has 0 saturated heterocycles. The lowest BCUT2D eigenvalue weighted by atomic mass is 10.3. The Labute approximate surface area is 111 Å². The van der Waals surface area contributed by atoms with Crippen molar-refractivity contribution in [3.8, 4) is 0 Å². The van der Waals surface area contributed by atoms with Crippen molar-refractivity contribution in [2.75, 3.05) is 0 Å². The van der Waals surface area contributed by atoms with Crippen LogP contribution in [0.3, 0.4) is 0 Å². The third-order valence-corrected chi connectivity index (χ3v) is 3.09. The van der Waals surface area contributed by atoms with E-state index in [2.05, 4.69) is 25.5 Å². The summed E-state index contributed by atoms with van der Waals surface area (Å²) in [6, 6.07) is 0. The summed E-state index contributed by atoms with van der Waals surface area (Å²) in [6.07, 6.45) is 1.68. The van der Waals surface area contributed by atoms with E-state index in [0.717, 1.165) is 16.4 Å². The van der Waals surface area contributed by atoms with Crippen LogP contribution in [0.5, 0.6) is 0 Å². The maximum absolute atomic E-state index is 13.9. The van der Waals surface area contributed by atoms with Crippen molar-refractivity contribution in [2.45, 2.75) is 30.1 Å². The SMILES string of the molecule is CCc1ncnc(Sc2nnnn2CC(=O)O)c1F. The van der Waals surface area contributed by atoms with Gasteiger partial charge in [-0.15, -0.1) is 5.10 Å². The zero-order valence-corrected chi connectivity index (χ0v) is 10.6. The molecule has 0 spiro atoms. The van der Waals surface area contributed by atoms with Crippen LogP contribution in [-0.2, 0) is 17.8 Å². The third kappa shape index (κ3) is 3.02. The highest BCUT2D eigenvalue weighted by molar-refractivity contribution is 7.99. The largest absolute Gasteiger partial charge is 0.480 e. The summed E-state index contributed by atoms with van der Waals surface area (Å²) in [4.78, 5) is 18.2. The summed E-state index contributed by atoms with van der Waals surface area (Å²) in [5.41, 5.74) is 0.287. The Balaban J connectivity index is 2.26. The molecule has 0 aliphatic carbocycles. The van der Waals surface area contributed by atoms with Crippen molar-refractivity contribution < 1.29 is 14.3 Å². The van der Waals surface area contributed by atoms with Crippen LogP contribution >= 0.6 is 11.8 Å². The van der Waals surface area contributed by atoms with Gasteiger partial charge in [0.1, 0.15) is 17.9 Å². The Kier molecular flexibility index (Phi) is 4.00. The van der Waals surface area contributed by atoms with E-state index < -0.39 is 18.3 Å². The number of rotatable bonds is 5. The molecule has 0 atom stereocenters. The van der Waals surface area contributed by atoms with Gasteiger partial charge in [-0.3, -0.25) is 4.79 Å². The lowest BCUT2D eigenvalue weighted by molar-refractivity contribution is -0.138. The maximum Gasteiger partial charge on any atom is 0.325 e. The average Bonchev–Trinajstić information content (AvgIpc) is 2.78. The Bertz CT molecular complexity index is 604. The number of aliphatic carboxylic acids is 1. The maximum atomic E-state index is 13.9. The number of carbonyl (C=O) groups is 1. The molecule has 0 aliphatic heterocycles. The molecular weight excluding hydrogens is 275 g/mol. The van der Waals surface area contributed by atoms with Crippen molar-refractivity contribution >= 4 is 17.7 Å². The zero-order valence-electron chi connectivity index (χ0n) is 9.82. The zero-order chi connectivity index (χ0) is 13.8. The van der Waals surface area contributed by atoms with Gasteiger partial charge in [-0.1, -0.05) is 6.92 Å². The highest BCUT2D eigenvalue weighted by Gasteiger charge is 2.16. The molecule has 2 aromatic rings. The summed E-state index contributed by atoms with van der Waals surface area (Å²) in [7, 11) is 0. The Hall–Kier alpha value is -2.10. The van der Waals surface area contributed by atoms with Crippen LogP contribution in [0.15, 0.2) is 16.5 Å². The quantitative estimate of drug-likeness (QED) is 0.786. The number of hydrogen-bond donors (Lipinski definition) is 1. The van der Waals surface area contributed by atoms with E-state index in [4.69, 9.17) is 5.11 Å². The number of nitrogens with zero attached hydrogens (tertiary/aromatic N) is 6. The van der Waals surface area contributed by atoms with E-state index in [1.807, 2.05) is 0 Å². The molecule has 10 heteroatoms. The van der Waals surface area contributed by atoms with Crippen LogP contribution in [0.2, 0.25) is 0 Å². The van der Waals surface area contributed by atoms with Crippen LogP contribution in [0.4, 0.5) is 4.39 Å². The number of hydrogen-bond acceptors (Lipinski definition) is 7. The van der Waals surface area contributed by atoms with E-state index in [0.29, 0.717) is 6.42 Å². The molecule has 0 aromatic carbocycles. The molecule has 0 bridgehead atoms. The molecule has 0 unspecified atom stereocenters. The van der Waals surface area contributed by atoms with Crippen LogP contribution in [0.25, 0.3) is 0 Å². The van der Waals surface area contributed by atoms with Gasteiger partial charge < -0.3 is 5.11 Å².